The van der Waals surface area contributed by atoms with Gasteiger partial charge in [0.05, 0.1) is 6.10 Å². The molecule has 88 valence electrons. The van der Waals surface area contributed by atoms with Crippen molar-refractivity contribution in [3.8, 4) is 0 Å². The van der Waals surface area contributed by atoms with Crippen molar-refractivity contribution in [3.63, 3.8) is 0 Å². The Morgan fingerprint density at radius 1 is 1.27 bits per heavy atom. The number of piperidine rings is 1. The monoisotopic (exact) mass is 212 g/mol. The molecule has 0 aromatic heterocycles. The zero-order valence-electron chi connectivity index (χ0n) is 9.82. The first-order chi connectivity index (χ1) is 7.29. The summed E-state index contributed by atoms with van der Waals surface area (Å²) in [7, 11) is 0. The third-order valence-corrected chi connectivity index (χ3v) is 3.63. The topological polar surface area (TPSA) is 38.5 Å². The van der Waals surface area contributed by atoms with Crippen LogP contribution in [0, 0.1) is 5.92 Å². The highest BCUT2D eigenvalue weighted by atomic mass is 16.5. The number of nitrogens with zero attached hydrogens (tertiary/aromatic N) is 1. The summed E-state index contributed by atoms with van der Waals surface area (Å²) >= 11 is 0. The Morgan fingerprint density at radius 3 is 2.47 bits per heavy atom. The molecule has 0 amide bonds. The quantitative estimate of drug-likeness (QED) is 0.745. The van der Waals surface area contributed by atoms with E-state index >= 15 is 0 Å². The molecule has 0 bridgehead atoms. The number of ether oxygens (including phenoxy) is 1. The maximum atomic E-state index is 6.13. The van der Waals surface area contributed by atoms with E-state index in [0.717, 1.165) is 19.1 Å². The summed E-state index contributed by atoms with van der Waals surface area (Å²) in [6.45, 7) is 6.38. The Balaban J connectivity index is 1.64. The standard InChI is InChI=1S/C12H24N2O/c1-2-15-11-5-7-14(8-6-11)9-12(13)10-3-4-10/h10-12H,2-9,13H2,1H3. The molecule has 3 heteroatoms. The van der Waals surface area contributed by atoms with Gasteiger partial charge in [0.25, 0.3) is 0 Å². The van der Waals surface area contributed by atoms with Gasteiger partial charge in [-0.3, -0.25) is 0 Å². The van der Waals surface area contributed by atoms with Gasteiger partial charge in [-0.1, -0.05) is 0 Å². The van der Waals surface area contributed by atoms with Crippen molar-refractivity contribution in [1.82, 2.24) is 4.90 Å². The SMILES string of the molecule is CCOC1CCN(CC(N)C2CC2)CC1. The van der Waals surface area contributed by atoms with Crippen LogP contribution < -0.4 is 5.73 Å². The lowest BCUT2D eigenvalue weighted by atomic mass is 10.1. The lowest BCUT2D eigenvalue weighted by Gasteiger charge is -2.33. The van der Waals surface area contributed by atoms with Gasteiger partial charge in [-0.15, -0.1) is 0 Å². The second kappa shape index (κ2) is 5.28. The van der Waals surface area contributed by atoms with Crippen molar-refractivity contribution in [3.05, 3.63) is 0 Å². The van der Waals surface area contributed by atoms with Crippen molar-refractivity contribution in [2.75, 3.05) is 26.2 Å². The second-order valence-electron chi connectivity index (χ2n) is 4.96. The van der Waals surface area contributed by atoms with Crippen LogP contribution in [-0.2, 0) is 4.74 Å². The van der Waals surface area contributed by atoms with Gasteiger partial charge < -0.3 is 15.4 Å². The van der Waals surface area contributed by atoms with Crippen LogP contribution in [-0.4, -0.2) is 43.3 Å². The molecule has 15 heavy (non-hydrogen) atoms. The van der Waals surface area contributed by atoms with Gasteiger partial charge in [-0.05, 0) is 38.5 Å². The van der Waals surface area contributed by atoms with Crippen LogP contribution in [0.5, 0.6) is 0 Å². The first-order valence-corrected chi connectivity index (χ1v) is 6.39. The minimum Gasteiger partial charge on any atom is -0.378 e. The van der Waals surface area contributed by atoms with E-state index in [9.17, 15) is 0 Å². The normalized spacial score (nSPS) is 26.8. The van der Waals surface area contributed by atoms with E-state index in [4.69, 9.17) is 10.5 Å². The Bertz CT molecular complexity index is 186. The summed E-state index contributed by atoms with van der Waals surface area (Å²) in [5.74, 6) is 0.828. The van der Waals surface area contributed by atoms with E-state index in [2.05, 4.69) is 11.8 Å². The van der Waals surface area contributed by atoms with Crippen LogP contribution in [0.3, 0.4) is 0 Å². The summed E-state index contributed by atoms with van der Waals surface area (Å²) in [5, 5.41) is 0. The van der Waals surface area contributed by atoms with Gasteiger partial charge in [0.1, 0.15) is 0 Å². The van der Waals surface area contributed by atoms with Gasteiger partial charge in [0.2, 0.25) is 0 Å². The molecular weight excluding hydrogens is 188 g/mol. The van der Waals surface area contributed by atoms with Gasteiger partial charge in [-0.2, -0.15) is 0 Å². The molecule has 2 fully saturated rings. The van der Waals surface area contributed by atoms with E-state index < -0.39 is 0 Å². The molecule has 0 spiro atoms. The fourth-order valence-electron chi connectivity index (χ4n) is 2.47. The van der Waals surface area contributed by atoms with Crippen molar-refractivity contribution in [2.24, 2.45) is 11.7 Å². The Morgan fingerprint density at radius 2 is 1.93 bits per heavy atom. The van der Waals surface area contributed by atoms with Crippen LogP contribution in [0.2, 0.25) is 0 Å². The molecular formula is C12H24N2O. The summed E-state index contributed by atoms with van der Waals surface area (Å²) in [6.07, 6.45) is 5.59. The average Bonchev–Trinajstić information content (AvgIpc) is 3.04. The van der Waals surface area contributed by atoms with E-state index in [-0.39, 0.29) is 0 Å². The Labute approximate surface area is 93.0 Å². The largest absolute Gasteiger partial charge is 0.378 e. The maximum Gasteiger partial charge on any atom is 0.0599 e. The average molecular weight is 212 g/mol. The minimum absolute atomic E-state index is 0.425. The van der Waals surface area contributed by atoms with Crippen molar-refractivity contribution < 1.29 is 4.74 Å². The van der Waals surface area contributed by atoms with Crippen LogP contribution in [0.1, 0.15) is 32.6 Å². The molecule has 1 heterocycles. The zero-order valence-corrected chi connectivity index (χ0v) is 9.82. The first-order valence-electron chi connectivity index (χ1n) is 6.39. The molecule has 1 atom stereocenters. The van der Waals surface area contributed by atoms with Gasteiger partial charge in [-0.25, -0.2) is 0 Å². The number of likely N-dealkylation sites (tertiary alicyclic amines) is 1. The second-order valence-corrected chi connectivity index (χ2v) is 4.96. The van der Waals surface area contributed by atoms with E-state index in [0.29, 0.717) is 12.1 Å². The molecule has 2 rings (SSSR count). The molecule has 1 unspecified atom stereocenters. The smallest absolute Gasteiger partial charge is 0.0599 e. The van der Waals surface area contributed by atoms with Gasteiger partial charge >= 0.3 is 0 Å². The molecule has 0 aromatic rings. The predicted molar refractivity (Wildman–Crippen MR) is 61.8 cm³/mol. The molecule has 1 saturated heterocycles. The Hall–Kier alpha value is -0.120. The van der Waals surface area contributed by atoms with Crippen molar-refractivity contribution in [1.29, 1.82) is 0 Å². The number of hydrogen-bond donors (Lipinski definition) is 1. The fraction of sp³-hybridized carbons (Fsp3) is 1.00. The van der Waals surface area contributed by atoms with Crippen LogP contribution in [0.25, 0.3) is 0 Å². The van der Waals surface area contributed by atoms with E-state index in [1.165, 1.54) is 38.8 Å². The first kappa shape index (κ1) is 11.4. The number of nitrogens with two attached hydrogens (primary N) is 1. The zero-order chi connectivity index (χ0) is 10.7. The summed E-state index contributed by atoms with van der Waals surface area (Å²) < 4.78 is 5.64. The number of rotatable bonds is 5. The molecule has 1 aliphatic heterocycles. The molecule has 1 saturated carbocycles. The summed E-state index contributed by atoms with van der Waals surface area (Å²) in [5.41, 5.74) is 6.13. The fourth-order valence-corrected chi connectivity index (χ4v) is 2.47. The van der Waals surface area contributed by atoms with Gasteiger partial charge in [0.15, 0.2) is 0 Å². The minimum atomic E-state index is 0.425. The molecule has 2 N–H and O–H groups in total. The van der Waals surface area contributed by atoms with Crippen LogP contribution >= 0.6 is 0 Å². The number of hydrogen-bond acceptors (Lipinski definition) is 3. The summed E-state index contributed by atoms with van der Waals surface area (Å²) in [6, 6.07) is 0.425. The highest BCUT2D eigenvalue weighted by Gasteiger charge is 2.30. The Kier molecular flexibility index (Phi) is 4.00. The maximum absolute atomic E-state index is 6.13. The van der Waals surface area contributed by atoms with Crippen molar-refractivity contribution >= 4 is 0 Å². The van der Waals surface area contributed by atoms with E-state index in [1.54, 1.807) is 0 Å². The third-order valence-electron chi connectivity index (χ3n) is 3.63. The van der Waals surface area contributed by atoms with Gasteiger partial charge in [0, 0.05) is 32.3 Å². The van der Waals surface area contributed by atoms with Crippen LogP contribution in [0.15, 0.2) is 0 Å². The van der Waals surface area contributed by atoms with Crippen LogP contribution in [0.4, 0.5) is 0 Å². The third kappa shape index (κ3) is 3.44. The summed E-state index contributed by atoms with van der Waals surface area (Å²) in [4.78, 5) is 2.51. The van der Waals surface area contributed by atoms with E-state index in [1.807, 2.05) is 0 Å². The molecule has 0 aromatic carbocycles. The van der Waals surface area contributed by atoms with Crippen molar-refractivity contribution in [2.45, 2.75) is 44.8 Å². The molecule has 2 aliphatic rings. The lowest BCUT2D eigenvalue weighted by molar-refractivity contribution is 0.0128. The highest BCUT2D eigenvalue weighted by molar-refractivity contribution is 4.87. The highest BCUT2D eigenvalue weighted by Crippen LogP contribution is 2.32. The molecule has 1 aliphatic carbocycles. The predicted octanol–water partition coefficient (Wildman–Crippen LogP) is 1.22. The molecule has 0 radical (unpaired) electrons. The molecule has 3 nitrogen and oxygen atoms in total. The lowest BCUT2D eigenvalue weighted by Crippen LogP contribution is -2.44.